The van der Waals surface area contributed by atoms with E-state index >= 15 is 0 Å². The zero-order chi connectivity index (χ0) is 16.3. The molecule has 1 heterocycles. The molecule has 1 aromatic heterocycles. The number of amides is 1. The molecular formula is C16H18N2O4. The van der Waals surface area contributed by atoms with Crippen molar-refractivity contribution in [2.45, 2.75) is 26.8 Å². The van der Waals surface area contributed by atoms with Crippen molar-refractivity contribution in [2.75, 3.05) is 6.54 Å². The van der Waals surface area contributed by atoms with Gasteiger partial charge >= 0.3 is 5.97 Å². The van der Waals surface area contributed by atoms with Gasteiger partial charge in [0.2, 0.25) is 5.89 Å². The number of oxazole rings is 1. The van der Waals surface area contributed by atoms with Crippen LogP contribution in [0.1, 0.15) is 30.1 Å². The summed E-state index contributed by atoms with van der Waals surface area (Å²) in [4.78, 5) is 28.9. The highest BCUT2D eigenvalue weighted by atomic mass is 16.4. The molecule has 0 aliphatic carbocycles. The molecule has 1 amide bonds. The predicted octanol–water partition coefficient (Wildman–Crippen LogP) is 2.59. The molecule has 0 unspecified atom stereocenters. The number of benzene rings is 1. The first-order valence-corrected chi connectivity index (χ1v) is 6.95. The summed E-state index contributed by atoms with van der Waals surface area (Å²) >= 11 is 0. The highest BCUT2D eigenvalue weighted by Crippen LogP contribution is 2.22. The highest BCUT2D eigenvalue weighted by molar-refractivity contribution is 5.95. The Balaban J connectivity index is 2.34. The van der Waals surface area contributed by atoms with Crippen LogP contribution in [0, 0.1) is 6.92 Å². The molecule has 0 fully saturated rings. The predicted molar refractivity (Wildman–Crippen MR) is 80.5 cm³/mol. The smallest absolute Gasteiger partial charge is 0.323 e. The quantitative estimate of drug-likeness (QED) is 0.917. The number of carboxylic acid groups (broad SMARTS) is 1. The van der Waals surface area contributed by atoms with E-state index < -0.39 is 11.9 Å². The third-order valence-electron chi connectivity index (χ3n) is 3.21. The van der Waals surface area contributed by atoms with Crippen LogP contribution in [0.3, 0.4) is 0 Å². The number of hydrogen-bond donors (Lipinski definition) is 1. The van der Waals surface area contributed by atoms with Crippen LogP contribution in [-0.2, 0) is 4.79 Å². The Bertz CT molecular complexity index is 677. The minimum atomic E-state index is -1.06. The van der Waals surface area contributed by atoms with Gasteiger partial charge in [0, 0.05) is 11.6 Å². The molecule has 0 radical (unpaired) electrons. The minimum Gasteiger partial charge on any atom is -0.480 e. The zero-order valence-electron chi connectivity index (χ0n) is 12.7. The number of rotatable bonds is 5. The maximum absolute atomic E-state index is 12.5. The van der Waals surface area contributed by atoms with Gasteiger partial charge in [-0.2, -0.15) is 0 Å². The Morgan fingerprint density at radius 3 is 2.45 bits per heavy atom. The van der Waals surface area contributed by atoms with E-state index in [1.807, 2.05) is 30.3 Å². The molecule has 2 rings (SSSR count). The summed E-state index contributed by atoms with van der Waals surface area (Å²) in [5.41, 5.74) is 0.910. The van der Waals surface area contributed by atoms with Crippen molar-refractivity contribution in [1.82, 2.24) is 9.88 Å². The van der Waals surface area contributed by atoms with Crippen molar-refractivity contribution in [3.63, 3.8) is 0 Å². The van der Waals surface area contributed by atoms with E-state index in [4.69, 9.17) is 9.52 Å². The lowest BCUT2D eigenvalue weighted by Crippen LogP contribution is -2.41. The second-order valence-electron chi connectivity index (χ2n) is 5.21. The molecule has 1 aromatic carbocycles. The summed E-state index contributed by atoms with van der Waals surface area (Å²) in [6, 6.07) is 8.98. The van der Waals surface area contributed by atoms with E-state index in [1.54, 1.807) is 20.8 Å². The van der Waals surface area contributed by atoms with Crippen molar-refractivity contribution in [3.05, 3.63) is 41.8 Å². The van der Waals surface area contributed by atoms with Crippen LogP contribution in [-0.4, -0.2) is 39.5 Å². The second-order valence-corrected chi connectivity index (χ2v) is 5.21. The van der Waals surface area contributed by atoms with Crippen molar-refractivity contribution in [3.8, 4) is 11.5 Å². The summed E-state index contributed by atoms with van der Waals surface area (Å²) in [7, 11) is 0. The van der Waals surface area contributed by atoms with Gasteiger partial charge in [-0.05, 0) is 32.9 Å². The largest absolute Gasteiger partial charge is 0.480 e. The van der Waals surface area contributed by atoms with Crippen molar-refractivity contribution in [2.24, 2.45) is 0 Å². The van der Waals surface area contributed by atoms with Crippen LogP contribution < -0.4 is 0 Å². The summed E-state index contributed by atoms with van der Waals surface area (Å²) < 4.78 is 5.55. The fourth-order valence-electron chi connectivity index (χ4n) is 2.07. The molecule has 0 saturated heterocycles. The fourth-order valence-corrected chi connectivity index (χ4v) is 2.07. The lowest BCUT2D eigenvalue weighted by atomic mass is 10.2. The minimum absolute atomic E-state index is 0.147. The fraction of sp³-hybridized carbons (Fsp3) is 0.312. The van der Waals surface area contributed by atoms with Crippen molar-refractivity contribution >= 4 is 11.9 Å². The lowest BCUT2D eigenvalue weighted by molar-refractivity contribution is -0.138. The van der Waals surface area contributed by atoms with Gasteiger partial charge in [0.1, 0.15) is 12.3 Å². The average molecular weight is 302 g/mol. The SMILES string of the molecule is Cc1oc(-c2ccccc2)nc1C(=O)N(CC(=O)O)C(C)C. The standard InChI is InChI=1S/C16H18N2O4/c1-10(2)18(9-13(19)20)16(21)14-11(3)22-15(17-14)12-7-5-4-6-8-12/h4-8,10H,9H2,1-3H3,(H,19,20). The van der Waals surface area contributed by atoms with Gasteiger partial charge in [0.15, 0.2) is 5.69 Å². The first-order valence-electron chi connectivity index (χ1n) is 6.95. The summed E-state index contributed by atoms with van der Waals surface area (Å²) in [6.07, 6.45) is 0. The first kappa shape index (κ1) is 15.8. The molecular weight excluding hydrogens is 284 g/mol. The topological polar surface area (TPSA) is 83.6 Å². The zero-order valence-corrected chi connectivity index (χ0v) is 12.7. The highest BCUT2D eigenvalue weighted by Gasteiger charge is 2.26. The Morgan fingerprint density at radius 2 is 1.91 bits per heavy atom. The number of carbonyl (C=O) groups is 2. The molecule has 116 valence electrons. The van der Waals surface area contributed by atoms with E-state index in [0.29, 0.717) is 11.7 Å². The number of nitrogens with zero attached hydrogens (tertiary/aromatic N) is 2. The number of carbonyl (C=O) groups excluding carboxylic acids is 1. The third-order valence-corrected chi connectivity index (χ3v) is 3.21. The monoisotopic (exact) mass is 302 g/mol. The molecule has 0 spiro atoms. The molecule has 2 aromatic rings. The number of aliphatic carboxylic acids is 1. The van der Waals surface area contributed by atoms with E-state index in [2.05, 4.69) is 4.98 Å². The number of aromatic nitrogens is 1. The van der Waals surface area contributed by atoms with Crippen LogP contribution in [0.25, 0.3) is 11.5 Å². The van der Waals surface area contributed by atoms with E-state index in [1.165, 1.54) is 4.90 Å². The maximum Gasteiger partial charge on any atom is 0.323 e. The van der Waals surface area contributed by atoms with E-state index in [-0.39, 0.29) is 18.3 Å². The van der Waals surface area contributed by atoms with Crippen molar-refractivity contribution in [1.29, 1.82) is 0 Å². The van der Waals surface area contributed by atoms with Gasteiger partial charge in [-0.25, -0.2) is 4.98 Å². The Labute approximate surface area is 128 Å². The number of carboxylic acids is 1. The molecule has 22 heavy (non-hydrogen) atoms. The molecule has 1 N–H and O–H groups in total. The lowest BCUT2D eigenvalue weighted by Gasteiger charge is -2.23. The number of hydrogen-bond acceptors (Lipinski definition) is 4. The molecule has 0 atom stereocenters. The van der Waals surface area contributed by atoms with Gasteiger partial charge in [-0.1, -0.05) is 18.2 Å². The van der Waals surface area contributed by atoms with Crippen LogP contribution in [0.15, 0.2) is 34.7 Å². The Kier molecular flexibility index (Phi) is 4.60. The molecule has 0 bridgehead atoms. The van der Waals surface area contributed by atoms with Gasteiger partial charge in [-0.3, -0.25) is 9.59 Å². The van der Waals surface area contributed by atoms with Crippen LogP contribution in [0.4, 0.5) is 0 Å². The average Bonchev–Trinajstić information content (AvgIpc) is 2.86. The number of aryl methyl sites for hydroxylation is 1. The van der Waals surface area contributed by atoms with Gasteiger partial charge in [0.25, 0.3) is 5.91 Å². The summed E-state index contributed by atoms with van der Waals surface area (Å²) in [5.74, 6) is -0.785. The molecule has 0 aliphatic heterocycles. The molecule has 6 heteroatoms. The van der Waals surface area contributed by atoms with Crippen LogP contribution in [0.5, 0.6) is 0 Å². The van der Waals surface area contributed by atoms with Crippen molar-refractivity contribution < 1.29 is 19.1 Å². The second kappa shape index (κ2) is 6.43. The molecule has 0 saturated carbocycles. The van der Waals surface area contributed by atoms with Crippen LogP contribution >= 0.6 is 0 Å². The first-order chi connectivity index (χ1) is 10.4. The van der Waals surface area contributed by atoms with Gasteiger partial charge < -0.3 is 14.4 Å². The summed E-state index contributed by atoms with van der Waals surface area (Å²) in [5, 5.41) is 8.94. The third kappa shape index (κ3) is 3.33. The normalized spacial score (nSPS) is 10.7. The van der Waals surface area contributed by atoms with E-state index in [0.717, 1.165) is 5.56 Å². The van der Waals surface area contributed by atoms with Gasteiger partial charge in [-0.15, -0.1) is 0 Å². The maximum atomic E-state index is 12.5. The molecule has 0 aliphatic rings. The Hall–Kier alpha value is -2.63. The summed E-state index contributed by atoms with van der Waals surface area (Å²) in [6.45, 7) is 4.79. The van der Waals surface area contributed by atoms with E-state index in [9.17, 15) is 9.59 Å². The van der Waals surface area contributed by atoms with Crippen LogP contribution in [0.2, 0.25) is 0 Å². The Morgan fingerprint density at radius 1 is 1.27 bits per heavy atom. The molecule has 6 nitrogen and oxygen atoms in total. The van der Waals surface area contributed by atoms with Gasteiger partial charge in [0.05, 0.1) is 0 Å².